The third-order valence-corrected chi connectivity index (χ3v) is 6.31. The molecule has 2 heterocycles. The van der Waals surface area contributed by atoms with Gasteiger partial charge < -0.3 is 14.0 Å². The maximum absolute atomic E-state index is 5.71. The van der Waals surface area contributed by atoms with Gasteiger partial charge in [-0.25, -0.2) is 4.68 Å². The molecule has 6 nitrogen and oxygen atoms in total. The van der Waals surface area contributed by atoms with Gasteiger partial charge in [-0.3, -0.25) is 4.90 Å². The van der Waals surface area contributed by atoms with Gasteiger partial charge in [0.05, 0.1) is 20.9 Å². The van der Waals surface area contributed by atoms with Crippen LogP contribution in [0.15, 0.2) is 42.5 Å². The quantitative estimate of drug-likeness (QED) is 0.535. The molecule has 1 aromatic heterocycles. The number of likely N-dealkylation sites (tertiary alicyclic amines) is 1. The Morgan fingerprint density at radius 1 is 1.10 bits per heavy atom. The average Bonchev–Trinajstić information content (AvgIpc) is 3.34. The fourth-order valence-electron chi connectivity index (χ4n) is 4.15. The molecule has 1 aliphatic heterocycles. The predicted molar refractivity (Wildman–Crippen MR) is 120 cm³/mol. The summed E-state index contributed by atoms with van der Waals surface area (Å²) in [5.74, 6) is 2.55. The summed E-state index contributed by atoms with van der Waals surface area (Å²) in [6.07, 6.45) is 2.21. The van der Waals surface area contributed by atoms with Crippen molar-refractivity contribution in [1.82, 2.24) is 19.2 Å². The van der Waals surface area contributed by atoms with Gasteiger partial charge in [0, 0.05) is 36.8 Å². The second kappa shape index (κ2) is 8.62. The summed E-state index contributed by atoms with van der Waals surface area (Å²) in [6, 6.07) is 14.7. The first kappa shape index (κ1) is 20.6. The van der Waals surface area contributed by atoms with Crippen LogP contribution in [0.5, 0.6) is 11.5 Å². The van der Waals surface area contributed by atoms with Gasteiger partial charge in [0.1, 0.15) is 11.5 Å². The minimum atomic E-state index is 0.262. The van der Waals surface area contributed by atoms with E-state index >= 15 is 0 Å². The number of ether oxygens (including phenoxy) is 2. The Hall–Kier alpha value is -2.64. The zero-order chi connectivity index (χ0) is 21.3. The van der Waals surface area contributed by atoms with Gasteiger partial charge in [-0.15, -0.1) is 0 Å². The molecule has 1 fully saturated rings. The summed E-state index contributed by atoms with van der Waals surface area (Å²) < 4.78 is 15.6. The van der Waals surface area contributed by atoms with Crippen LogP contribution in [0.25, 0.3) is 11.4 Å². The largest absolute Gasteiger partial charge is 0.497 e. The third-order valence-electron chi connectivity index (χ3n) is 5.83. The maximum atomic E-state index is 5.71. The number of hydrogen-bond acceptors (Lipinski definition) is 5. The van der Waals surface area contributed by atoms with Crippen LogP contribution in [0.3, 0.4) is 0 Å². The number of aromatic nitrogens is 3. The van der Waals surface area contributed by atoms with Crippen LogP contribution in [-0.2, 0) is 13.7 Å². The van der Waals surface area contributed by atoms with E-state index < -0.39 is 0 Å². The lowest BCUT2D eigenvalue weighted by atomic mass is 10.0. The molecule has 0 aliphatic carbocycles. The predicted octanol–water partition coefficient (Wildman–Crippen LogP) is 4.74. The smallest absolute Gasteiger partial charge is 0.199 e. The highest BCUT2D eigenvalue weighted by atomic mass is 32.1. The topological polar surface area (TPSA) is 44.5 Å². The van der Waals surface area contributed by atoms with Crippen LogP contribution in [0.4, 0.5) is 0 Å². The molecular weight excluding hydrogens is 396 g/mol. The van der Waals surface area contributed by atoms with E-state index in [-0.39, 0.29) is 6.04 Å². The Balaban J connectivity index is 1.62. The monoisotopic (exact) mass is 424 g/mol. The highest BCUT2D eigenvalue weighted by Crippen LogP contribution is 2.39. The van der Waals surface area contributed by atoms with E-state index in [9.17, 15) is 0 Å². The molecule has 2 aromatic carbocycles. The summed E-state index contributed by atoms with van der Waals surface area (Å²) in [6.45, 7) is 3.73. The van der Waals surface area contributed by atoms with Crippen LogP contribution in [0.1, 0.15) is 30.0 Å². The fraction of sp³-hybridized carbons (Fsp3) is 0.391. The molecule has 1 unspecified atom stereocenters. The lowest BCUT2D eigenvalue weighted by Crippen LogP contribution is -2.27. The number of benzene rings is 2. The van der Waals surface area contributed by atoms with Crippen LogP contribution >= 0.6 is 12.2 Å². The molecular formula is C23H28N4O2S. The van der Waals surface area contributed by atoms with Gasteiger partial charge in [-0.1, -0.05) is 35.9 Å². The van der Waals surface area contributed by atoms with Crippen molar-refractivity contribution in [2.45, 2.75) is 32.5 Å². The first-order valence-electron chi connectivity index (χ1n) is 10.2. The van der Waals surface area contributed by atoms with Gasteiger partial charge in [-0.05, 0) is 38.0 Å². The second-order valence-electron chi connectivity index (χ2n) is 7.75. The molecule has 158 valence electrons. The Labute approximate surface area is 182 Å². The zero-order valence-corrected chi connectivity index (χ0v) is 18.8. The highest BCUT2D eigenvalue weighted by molar-refractivity contribution is 7.71. The van der Waals surface area contributed by atoms with Gasteiger partial charge >= 0.3 is 0 Å². The van der Waals surface area contributed by atoms with Crippen molar-refractivity contribution in [3.63, 3.8) is 0 Å². The van der Waals surface area contributed by atoms with E-state index in [1.165, 1.54) is 11.1 Å². The lowest BCUT2D eigenvalue weighted by Gasteiger charge is -2.26. The van der Waals surface area contributed by atoms with E-state index in [0.29, 0.717) is 6.67 Å². The Morgan fingerprint density at radius 2 is 1.87 bits per heavy atom. The summed E-state index contributed by atoms with van der Waals surface area (Å²) >= 11 is 5.71. The zero-order valence-electron chi connectivity index (χ0n) is 18.0. The van der Waals surface area contributed by atoms with Crippen LogP contribution in [0.2, 0.25) is 0 Å². The number of nitrogens with zero attached hydrogens (tertiary/aromatic N) is 4. The van der Waals surface area contributed by atoms with E-state index in [2.05, 4.69) is 42.2 Å². The van der Waals surface area contributed by atoms with Crippen molar-refractivity contribution in [1.29, 1.82) is 0 Å². The molecule has 0 bridgehead atoms. The highest BCUT2D eigenvalue weighted by Gasteiger charge is 2.29. The lowest BCUT2D eigenvalue weighted by molar-refractivity contribution is 0.187. The Bertz CT molecular complexity index is 1090. The second-order valence-corrected chi connectivity index (χ2v) is 8.12. The first-order valence-corrected chi connectivity index (χ1v) is 10.6. The molecule has 1 aliphatic rings. The van der Waals surface area contributed by atoms with Crippen molar-refractivity contribution < 1.29 is 9.47 Å². The molecule has 30 heavy (non-hydrogen) atoms. The van der Waals surface area contributed by atoms with Crippen LogP contribution < -0.4 is 9.47 Å². The molecule has 0 spiro atoms. The number of hydrogen-bond donors (Lipinski definition) is 0. The van der Waals surface area contributed by atoms with Gasteiger partial charge in [-0.2, -0.15) is 5.10 Å². The molecule has 1 atom stereocenters. The van der Waals surface area contributed by atoms with E-state index in [1.807, 2.05) is 28.4 Å². The molecule has 1 saturated heterocycles. The summed E-state index contributed by atoms with van der Waals surface area (Å²) in [5.41, 5.74) is 3.48. The van der Waals surface area contributed by atoms with Crippen LogP contribution in [-0.4, -0.2) is 40.0 Å². The van der Waals surface area contributed by atoms with Crippen molar-refractivity contribution in [2.24, 2.45) is 7.05 Å². The van der Waals surface area contributed by atoms with Gasteiger partial charge in [0.15, 0.2) is 10.6 Å². The maximum Gasteiger partial charge on any atom is 0.199 e. The molecule has 0 amide bonds. The van der Waals surface area contributed by atoms with E-state index in [1.54, 1.807) is 14.2 Å². The Kier molecular flexibility index (Phi) is 5.92. The van der Waals surface area contributed by atoms with E-state index in [0.717, 1.165) is 47.0 Å². The minimum absolute atomic E-state index is 0.262. The van der Waals surface area contributed by atoms with Crippen molar-refractivity contribution in [3.05, 3.63) is 58.4 Å². The summed E-state index contributed by atoms with van der Waals surface area (Å²) in [5, 5.41) is 4.85. The van der Waals surface area contributed by atoms with Crippen molar-refractivity contribution >= 4 is 12.2 Å². The SMILES string of the molecule is COc1ccc(C2CCCN2Cn2nc(-c3ccc(C)cc3)n(C)c2=S)c(OC)c1. The molecule has 0 N–H and O–H groups in total. The van der Waals surface area contributed by atoms with Gasteiger partial charge in [0.25, 0.3) is 0 Å². The van der Waals surface area contributed by atoms with Crippen LogP contribution in [0, 0.1) is 11.7 Å². The fourth-order valence-corrected chi connectivity index (χ4v) is 4.33. The Morgan fingerprint density at radius 3 is 2.57 bits per heavy atom. The average molecular weight is 425 g/mol. The van der Waals surface area contributed by atoms with E-state index in [4.69, 9.17) is 26.8 Å². The molecule has 3 aromatic rings. The minimum Gasteiger partial charge on any atom is -0.497 e. The molecule has 0 saturated carbocycles. The molecule has 7 heteroatoms. The summed E-state index contributed by atoms with van der Waals surface area (Å²) in [4.78, 5) is 2.42. The standard InChI is InChI=1S/C23H28N4O2S/c1-16-7-9-17(10-8-16)22-24-27(23(30)25(22)2)15-26-13-5-6-20(26)19-12-11-18(28-3)14-21(19)29-4/h7-12,14,20H,5-6,13,15H2,1-4H3. The molecule has 0 radical (unpaired) electrons. The number of aryl methyl sites for hydroxylation is 1. The third kappa shape index (κ3) is 3.87. The van der Waals surface area contributed by atoms with Crippen molar-refractivity contribution in [2.75, 3.05) is 20.8 Å². The number of methoxy groups -OCH3 is 2. The molecule has 4 rings (SSSR count). The van der Waals surface area contributed by atoms with Crippen molar-refractivity contribution in [3.8, 4) is 22.9 Å². The summed E-state index contributed by atoms with van der Waals surface area (Å²) in [7, 11) is 5.36. The number of rotatable bonds is 6. The first-order chi connectivity index (χ1) is 14.5. The normalized spacial score (nSPS) is 16.7. The van der Waals surface area contributed by atoms with Gasteiger partial charge in [0.2, 0.25) is 0 Å².